The highest BCUT2D eigenvalue weighted by atomic mass is 127. The van der Waals surface area contributed by atoms with Crippen molar-refractivity contribution >= 4 is 33.9 Å². The molecule has 0 fully saturated rings. The zero-order valence-electron chi connectivity index (χ0n) is 10.7. The molecule has 3 heteroatoms. The Morgan fingerprint density at radius 1 is 1.17 bits per heavy atom. The van der Waals surface area contributed by atoms with Crippen LogP contribution in [0.15, 0.2) is 36.4 Å². The minimum absolute atomic E-state index is 0.327. The van der Waals surface area contributed by atoms with Gasteiger partial charge in [0.2, 0.25) is 0 Å². The summed E-state index contributed by atoms with van der Waals surface area (Å²) in [6.07, 6.45) is 1.12. The molecule has 0 aliphatic rings. The van der Waals surface area contributed by atoms with Gasteiger partial charge in [0.1, 0.15) is 0 Å². The van der Waals surface area contributed by atoms with Crippen LogP contribution in [0.4, 0.5) is 0 Å². The van der Waals surface area contributed by atoms with E-state index >= 15 is 0 Å². The molecule has 1 atom stereocenters. The molecular formula is C15H18INS. The van der Waals surface area contributed by atoms with Gasteiger partial charge in [-0.3, -0.25) is 0 Å². The molecule has 1 aromatic carbocycles. The van der Waals surface area contributed by atoms with E-state index in [2.05, 4.69) is 78.2 Å². The summed E-state index contributed by atoms with van der Waals surface area (Å²) < 4.78 is 1.33. The lowest BCUT2D eigenvalue weighted by molar-refractivity contribution is 0.637. The molecule has 0 saturated carbocycles. The van der Waals surface area contributed by atoms with Crippen LogP contribution in [0.5, 0.6) is 0 Å². The molecule has 2 rings (SSSR count). The zero-order chi connectivity index (χ0) is 13.0. The molecule has 96 valence electrons. The van der Waals surface area contributed by atoms with Gasteiger partial charge in [0.05, 0.1) is 6.04 Å². The molecule has 0 saturated heterocycles. The Hall–Kier alpha value is -0.390. The van der Waals surface area contributed by atoms with Crippen molar-refractivity contribution in [3.8, 4) is 0 Å². The van der Waals surface area contributed by atoms with Crippen molar-refractivity contribution in [2.24, 2.45) is 0 Å². The average Bonchev–Trinajstić information content (AvgIpc) is 2.85. The first-order valence-corrected chi connectivity index (χ1v) is 8.22. The average molecular weight is 371 g/mol. The molecule has 0 aliphatic heterocycles. The highest BCUT2D eigenvalue weighted by Crippen LogP contribution is 2.31. The Balaban J connectivity index is 2.36. The maximum atomic E-state index is 3.60. The van der Waals surface area contributed by atoms with Crippen LogP contribution < -0.4 is 5.32 Å². The third-order valence-corrected chi connectivity index (χ3v) is 5.22. The fraction of sp³-hybridized carbons (Fsp3) is 0.333. The zero-order valence-corrected chi connectivity index (χ0v) is 13.7. The second-order valence-electron chi connectivity index (χ2n) is 4.17. The number of hydrogen-bond acceptors (Lipinski definition) is 2. The lowest BCUT2D eigenvalue weighted by Gasteiger charge is -2.18. The van der Waals surface area contributed by atoms with E-state index in [1.807, 2.05) is 11.3 Å². The van der Waals surface area contributed by atoms with E-state index in [9.17, 15) is 0 Å². The summed E-state index contributed by atoms with van der Waals surface area (Å²) in [7, 11) is 0. The maximum absolute atomic E-state index is 3.60. The number of hydrogen-bond donors (Lipinski definition) is 1. The predicted octanol–water partition coefficient (Wildman–Crippen LogP) is 4.61. The quantitative estimate of drug-likeness (QED) is 0.757. The van der Waals surface area contributed by atoms with Crippen molar-refractivity contribution in [3.63, 3.8) is 0 Å². The van der Waals surface area contributed by atoms with Crippen molar-refractivity contribution in [1.29, 1.82) is 0 Å². The molecule has 1 heterocycles. The van der Waals surface area contributed by atoms with Crippen LogP contribution in [0.2, 0.25) is 0 Å². The first kappa shape index (κ1) is 14.0. The largest absolute Gasteiger partial charge is 0.306 e. The Labute approximate surface area is 127 Å². The van der Waals surface area contributed by atoms with Crippen molar-refractivity contribution < 1.29 is 0 Å². The lowest BCUT2D eigenvalue weighted by Crippen LogP contribution is -2.21. The van der Waals surface area contributed by atoms with Gasteiger partial charge < -0.3 is 5.32 Å². The summed E-state index contributed by atoms with van der Waals surface area (Å²) in [5.41, 5.74) is 1.38. The van der Waals surface area contributed by atoms with Gasteiger partial charge in [0, 0.05) is 13.3 Å². The fourth-order valence-corrected chi connectivity index (χ4v) is 3.76. The summed E-state index contributed by atoms with van der Waals surface area (Å²) in [6, 6.07) is 13.5. The number of thiophene rings is 1. The molecule has 1 unspecified atom stereocenters. The molecule has 0 aliphatic carbocycles. The highest BCUT2D eigenvalue weighted by Gasteiger charge is 2.17. The van der Waals surface area contributed by atoms with Crippen molar-refractivity contribution in [2.45, 2.75) is 26.3 Å². The van der Waals surface area contributed by atoms with Crippen LogP contribution in [0.3, 0.4) is 0 Å². The first-order valence-electron chi connectivity index (χ1n) is 6.32. The number of aryl methyl sites for hydroxylation is 1. The third-order valence-electron chi connectivity index (χ3n) is 2.94. The summed E-state index contributed by atoms with van der Waals surface area (Å²) in [5.74, 6) is 0. The van der Waals surface area contributed by atoms with Gasteiger partial charge in [-0.1, -0.05) is 32.0 Å². The van der Waals surface area contributed by atoms with Crippen molar-refractivity contribution in [1.82, 2.24) is 5.32 Å². The van der Waals surface area contributed by atoms with Gasteiger partial charge in [0.15, 0.2) is 0 Å². The predicted molar refractivity (Wildman–Crippen MR) is 88.4 cm³/mol. The van der Waals surface area contributed by atoms with Gasteiger partial charge in [-0.2, -0.15) is 0 Å². The maximum Gasteiger partial charge on any atom is 0.0681 e. The molecule has 1 nitrogen and oxygen atoms in total. The van der Waals surface area contributed by atoms with Crippen LogP contribution >= 0.6 is 33.9 Å². The van der Waals surface area contributed by atoms with Crippen LogP contribution in [-0.4, -0.2) is 6.54 Å². The van der Waals surface area contributed by atoms with E-state index in [1.54, 1.807) is 0 Å². The number of halogens is 1. The smallest absolute Gasteiger partial charge is 0.0681 e. The van der Waals surface area contributed by atoms with Gasteiger partial charge in [-0.05, 0) is 59.3 Å². The topological polar surface area (TPSA) is 12.0 Å². The second kappa shape index (κ2) is 6.68. The van der Waals surface area contributed by atoms with E-state index in [4.69, 9.17) is 0 Å². The standard InChI is InChI=1S/C15H18INS/c1-3-11-9-10-14(18-11)15(17-4-2)12-7-5-6-8-13(12)16/h5-10,15,17H,3-4H2,1-2H3. The summed E-state index contributed by atoms with van der Waals surface area (Å²) in [5, 5.41) is 3.60. The highest BCUT2D eigenvalue weighted by molar-refractivity contribution is 14.1. The summed E-state index contributed by atoms with van der Waals surface area (Å²) in [6.45, 7) is 5.36. The van der Waals surface area contributed by atoms with E-state index in [0.717, 1.165) is 13.0 Å². The minimum Gasteiger partial charge on any atom is -0.306 e. The van der Waals surface area contributed by atoms with Crippen molar-refractivity contribution in [3.05, 3.63) is 55.3 Å². The first-order chi connectivity index (χ1) is 8.76. The fourth-order valence-electron chi connectivity index (χ4n) is 2.02. The molecule has 0 spiro atoms. The number of benzene rings is 1. The molecular weight excluding hydrogens is 353 g/mol. The Bertz CT molecular complexity index is 507. The van der Waals surface area contributed by atoms with E-state index in [0.29, 0.717) is 6.04 Å². The third kappa shape index (κ3) is 3.13. The van der Waals surface area contributed by atoms with Gasteiger partial charge in [-0.25, -0.2) is 0 Å². The molecule has 0 bridgehead atoms. The Kier molecular flexibility index (Phi) is 5.21. The normalized spacial score (nSPS) is 12.6. The van der Waals surface area contributed by atoms with Crippen LogP contribution in [0.1, 0.15) is 35.2 Å². The van der Waals surface area contributed by atoms with Crippen molar-refractivity contribution in [2.75, 3.05) is 6.54 Å². The van der Waals surface area contributed by atoms with Gasteiger partial charge in [-0.15, -0.1) is 11.3 Å². The van der Waals surface area contributed by atoms with Gasteiger partial charge >= 0.3 is 0 Å². The summed E-state index contributed by atoms with van der Waals surface area (Å²) >= 11 is 4.34. The van der Waals surface area contributed by atoms with Crippen LogP contribution in [-0.2, 0) is 6.42 Å². The van der Waals surface area contributed by atoms with Crippen LogP contribution in [0.25, 0.3) is 0 Å². The molecule has 0 radical (unpaired) electrons. The monoisotopic (exact) mass is 371 g/mol. The van der Waals surface area contributed by atoms with E-state index < -0.39 is 0 Å². The number of nitrogens with one attached hydrogen (secondary N) is 1. The Morgan fingerprint density at radius 2 is 1.94 bits per heavy atom. The molecule has 1 N–H and O–H groups in total. The van der Waals surface area contributed by atoms with E-state index in [1.165, 1.54) is 18.9 Å². The lowest BCUT2D eigenvalue weighted by atomic mass is 10.1. The van der Waals surface area contributed by atoms with E-state index in [-0.39, 0.29) is 0 Å². The summed E-state index contributed by atoms with van der Waals surface area (Å²) in [4.78, 5) is 2.87. The minimum atomic E-state index is 0.327. The van der Waals surface area contributed by atoms with Gasteiger partial charge in [0.25, 0.3) is 0 Å². The van der Waals surface area contributed by atoms with Crippen LogP contribution in [0, 0.1) is 3.57 Å². The molecule has 0 amide bonds. The Morgan fingerprint density at radius 3 is 2.56 bits per heavy atom. The number of rotatable bonds is 5. The second-order valence-corrected chi connectivity index (χ2v) is 6.53. The molecule has 2 aromatic rings. The molecule has 18 heavy (non-hydrogen) atoms. The SMILES string of the molecule is CCNC(c1ccc(CC)s1)c1ccccc1I. The molecule has 1 aromatic heterocycles.